The van der Waals surface area contributed by atoms with E-state index in [9.17, 15) is 9.90 Å². The SMILES string of the molecule is O=C([O-])CSc1nnc([C@@H]2COc3ccccc3O2)n1-c1ccccc1. The van der Waals surface area contributed by atoms with Gasteiger partial charge in [0, 0.05) is 11.4 Å². The van der Waals surface area contributed by atoms with E-state index in [-0.39, 0.29) is 12.4 Å². The molecular formula is C18H14N3O4S-. The highest BCUT2D eigenvalue weighted by molar-refractivity contribution is 7.99. The van der Waals surface area contributed by atoms with Gasteiger partial charge in [-0.15, -0.1) is 10.2 Å². The van der Waals surface area contributed by atoms with Crippen LogP contribution in [0.1, 0.15) is 11.9 Å². The highest BCUT2D eigenvalue weighted by Crippen LogP contribution is 2.36. The third-order valence-corrected chi connectivity index (χ3v) is 4.69. The second kappa shape index (κ2) is 7.09. The summed E-state index contributed by atoms with van der Waals surface area (Å²) < 4.78 is 13.6. The van der Waals surface area contributed by atoms with Crippen molar-refractivity contribution >= 4 is 17.7 Å². The Balaban J connectivity index is 1.71. The zero-order valence-corrected chi connectivity index (χ0v) is 14.4. The summed E-state index contributed by atoms with van der Waals surface area (Å²) in [5.41, 5.74) is 0.816. The zero-order valence-electron chi connectivity index (χ0n) is 13.6. The molecule has 8 heteroatoms. The van der Waals surface area contributed by atoms with Crippen LogP contribution in [0.25, 0.3) is 5.69 Å². The van der Waals surface area contributed by atoms with Gasteiger partial charge in [-0.2, -0.15) is 0 Å². The first kappa shape index (κ1) is 16.5. The number of benzene rings is 2. The lowest BCUT2D eigenvalue weighted by Crippen LogP contribution is -2.25. The molecule has 0 unspecified atom stereocenters. The molecule has 0 saturated carbocycles. The van der Waals surface area contributed by atoms with E-state index in [1.54, 1.807) is 4.57 Å². The first-order chi connectivity index (χ1) is 12.7. The van der Waals surface area contributed by atoms with Crippen LogP contribution in [0, 0.1) is 0 Å². The molecular weight excluding hydrogens is 354 g/mol. The topological polar surface area (TPSA) is 89.3 Å². The minimum Gasteiger partial charge on any atom is -0.549 e. The summed E-state index contributed by atoms with van der Waals surface area (Å²) in [5, 5.41) is 19.7. The molecule has 0 fully saturated rings. The fraction of sp³-hybridized carbons (Fsp3) is 0.167. The van der Waals surface area contributed by atoms with Crippen LogP contribution in [0.2, 0.25) is 0 Å². The van der Waals surface area contributed by atoms with E-state index >= 15 is 0 Å². The Morgan fingerprint density at radius 3 is 2.62 bits per heavy atom. The van der Waals surface area contributed by atoms with Crippen LogP contribution in [0.3, 0.4) is 0 Å². The van der Waals surface area contributed by atoms with Crippen LogP contribution in [0.15, 0.2) is 59.8 Å². The van der Waals surface area contributed by atoms with Gasteiger partial charge < -0.3 is 19.4 Å². The second-order valence-corrected chi connectivity index (χ2v) is 6.48. The zero-order chi connectivity index (χ0) is 17.9. The third-order valence-electron chi connectivity index (χ3n) is 3.79. The Labute approximate surface area is 153 Å². The van der Waals surface area contributed by atoms with Gasteiger partial charge in [0.15, 0.2) is 28.6 Å². The number of para-hydroxylation sites is 3. The van der Waals surface area contributed by atoms with Crippen LogP contribution in [-0.2, 0) is 4.79 Å². The predicted molar refractivity (Wildman–Crippen MR) is 92.4 cm³/mol. The molecule has 0 saturated heterocycles. The molecule has 1 atom stereocenters. The largest absolute Gasteiger partial charge is 0.549 e. The lowest BCUT2D eigenvalue weighted by Gasteiger charge is -2.26. The van der Waals surface area contributed by atoms with Gasteiger partial charge >= 0.3 is 0 Å². The van der Waals surface area contributed by atoms with Crippen molar-refractivity contribution < 1.29 is 19.4 Å². The standard InChI is InChI=1S/C18H15N3O4S/c22-16(23)11-26-18-20-19-17(21(18)12-6-2-1-3-7-12)15-10-24-13-8-4-5-9-14(13)25-15/h1-9,15H,10-11H2,(H,22,23)/p-1/t15-/m0/s1. The van der Waals surface area contributed by atoms with E-state index in [1.807, 2.05) is 54.6 Å². The molecule has 0 amide bonds. The van der Waals surface area contributed by atoms with Crippen molar-refractivity contribution in [2.45, 2.75) is 11.3 Å². The number of hydrogen-bond donors (Lipinski definition) is 0. The van der Waals surface area contributed by atoms with Crippen molar-refractivity contribution in [2.75, 3.05) is 12.4 Å². The molecule has 0 radical (unpaired) electrons. The molecule has 2 heterocycles. The summed E-state index contributed by atoms with van der Waals surface area (Å²) in [5.74, 6) is 0.490. The molecule has 1 aliphatic rings. The van der Waals surface area contributed by atoms with Crippen LogP contribution < -0.4 is 14.6 Å². The molecule has 1 aromatic heterocycles. The Bertz CT molecular complexity index is 929. The molecule has 0 spiro atoms. The molecule has 0 aliphatic carbocycles. The van der Waals surface area contributed by atoms with Crippen molar-refractivity contribution in [3.8, 4) is 17.2 Å². The van der Waals surface area contributed by atoms with Gasteiger partial charge in [-0.1, -0.05) is 42.1 Å². The van der Waals surface area contributed by atoms with E-state index in [4.69, 9.17) is 9.47 Å². The van der Waals surface area contributed by atoms with Crippen molar-refractivity contribution in [3.63, 3.8) is 0 Å². The van der Waals surface area contributed by atoms with Gasteiger partial charge in [-0.05, 0) is 24.3 Å². The number of hydrogen-bond acceptors (Lipinski definition) is 7. The Hall–Kier alpha value is -3.00. The fourth-order valence-corrected chi connectivity index (χ4v) is 3.35. The fourth-order valence-electron chi connectivity index (χ4n) is 2.67. The average molecular weight is 368 g/mol. The Kier molecular flexibility index (Phi) is 4.49. The summed E-state index contributed by atoms with van der Waals surface area (Å²) in [6.07, 6.45) is -0.463. The van der Waals surface area contributed by atoms with Crippen LogP contribution in [0.4, 0.5) is 0 Å². The van der Waals surface area contributed by atoms with Gasteiger partial charge in [-0.3, -0.25) is 4.57 Å². The number of aromatic nitrogens is 3. The molecule has 2 aromatic carbocycles. The maximum absolute atomic E-state index is 10.8. The third kappa shape index (κ3) is 3.23. The van der Waals surface area contributed by atoms with Gasteiger partial charge in [0.2, 0.25) is 0 Å². The van der Waals surface area contributed by atoms with Gasteiger partial charge in [-0.25, -0.2) is 0 Å². The normalized spacial score (nSPS) is 15.6. The molecule has 132 valence electrons. The van der Waals surface area contributed by atoms with Crippen LogP contribution >= 0.6 is 11.8 Å². The first-order valence-corrected chi connectivity index (χ1v) is 8.93. The summed E-state index contributed by atoms with van der Waals surface area (Å²) >= 11 is 1.05. The van der Waals surface area contributed by atoms with Crippen molar-refractivity contribution in [2.24, 2.45) is 0 Å². The smallest absolute Gasteiger partial charge is 0.196 e. The predicted octanol–water partition coefficient (Wildman–Crippen LogP) is 1.62. The quantitative estimate of drug-likeness (QED) is 0.632. The Morgan fingerprint density at radius 1 is 1.12 bits per heavy atom. The first-order valence-electron chi connectivity index (χ1n) is 7.94. The summed E-state index contributed by atoms with van der Waals surface area (Å²) in [4.78, 5) is 10.8. The van der Waals surface area contributed by atoms with Crippen LogP contribution in [0.5, 0.6) is 11.5 Å². The van der Waals surface area contributed by atoms with Gasteiger partial charge in [0.05, 0.1) is 5.97 Å². The monoisotopic (exact) mass is 368 g/mol. The number of ether oxygens (including phenoxy) is 2. The molecule has 7 nitrogen and oxygen atoms in total. The van der Waals surface area contributed by atoms with Crippen molar-refractivity contribution in [3.05, 3.63) is 60.4 Å². The summed E-state index contributed by atoms with van der Waals surface area (Å²) in [7, 11) is 0. The van der Waals surface area contributed by atoms with Crippen molar-refractivity contribution in [1.29, 1.82) is 0 Å². The van der Waals surface area contributed by atoms with E-state index < -0.39 is 12.1 Å². The molecule has 0 N–H and O–H groups in total. The number of rotatable bonds is 5. The van der Waals surface area contributed by atoms with Gasteiger partial charge in [0.1, 0.15) is 6.61 Å². The summed E-state index contributed by atoms with van der Waals surface area (Å²) in [6.45, 7) is 0.285. The average Bonchev–Trinajstić information content (AvgIpc) is 3.10. The number of carbonyl (C=O) groups is 1. The minimum atomic E-state index is -1.16. The molecule has 0 bridgehead atoms. The molecule has 26 heavy (non-hydrogen) atoms. The number of thioether (sulfide) groups is 1. The lowest BCUT2D eigenvalue weighted by molar-refractivity contribution is -0.301. The van der Waals surface area contributed by atoms with E-state index in [0.29, 0.717) is 22.5 Å². The second-order valence-electron chi connectivity index (χ2n) is 5.54. The number of carboxylic acid groups (broad SMARTS) is 1. The van der Waals surface area contributed by atoms with Crippen molar-refractivity contribution in [1.82, 2.24) is 14.8 Å². The number of aliphatic carboxylic acids is 1. The minimum absolute atomic E-state index is 0.212. The maximum atomic E-state index is 10.8. The maximum Gasteiger partial charge on any atom is 0.196 e. The Morgan fingerprint density at radius 2 is 1.85 bits per heavy atom. The van der Waals surface area contributed by atoms with Gasteiger partial charge in [0.25, 0.3) is 0 Å². The van der Waals surface area contributed by atoms with E-state index in [2.05, 4.69) is 10.2 Å². The number of nitrogens with zero attached hydrogens (tertiary/aromatic N) is 3. The molecule has 4 rings (SSSR count). The summed E-state index contributed by atoms with van der Waals surface area (Å²) in [6, 6.07) is 16.9. The van der Waals surface area contributed by atoms with E-state index in [0.717, 1.165) is 17.4 Å². The number of fused-ring (bicyclic) bond motifs is 1. The lowest BCUT2D eigenvalue weighted by atomic mass is 10.2. The van der Waals surface area contributed by atoms with E-state index in [1.165, 1.54) is 0 Å². The molecule has 3 aromatic rings. The number of carboxylic acids is 1. The highest BCUT2D eigenvalue weighted by atomic mass is 32.2. The highest BCUT2D eigenvalue weighted by Gasteiger charge is 2.29. The number of carbonyl (C=O) groups excluding carboxylic acids is 1. The van der Waals surface area contributed by atoms with Crippen LogP contribution in [-0.4, -0.2) is 33.1 Å². The molecule has 1 aliphatic heterocycles.